The second-order valence-electron chi connectivity index (χ2n) is 4.63. The minimum Gasteiger partial charge on any atom is -0.459 e. The van der Waals surface area contributed by atoms with Gasteiger partial charge in [0.15, 0.2) is 5.78 Å². The van der Waals surface area contributed by atoms with Crippen LogP contribution in [0.3, 0.4) is 0 Å². The van der Waals surface area contributed by atoms with Crippen molar-refractivity contribution in [1.29, 1.82) is 0 Å². The van der Waals surface area contributed by atoms with Crippen LogP contribution in [0.5, 0.6) is 0 Å². The number of nitrogens with one attached hydrogen (secondary N) is 1. The molecule has 104 valence electrons. The number of amides is 1. The Hall–Kier alpha value is -1.61. The molecule has 1 rings (SSSR count). The van der Waals surface area contributed by atoms with E-state index in [1.165, 1.54) is 20.3 Å². The summed E-state index contributed by atoms with van der Waals surface area (Å²) in [5.41, 5.74) is 0.833. The summed E-state index contributed by atoms with van der Waals surface area (Å²) >= 11 is 0. The molecule has 1 atom stereocenters. The maximum absolute atomic E-state index is 12.0. The molecule has 0 aromatic heterocycles. The van der Waals surface area contributed by atoms with Crippen LogP contribution in [0.1, 0.15) is 12.5 Å². The third-order valence-corrected chi connectivity index (χ3v) is 3.99. The highest BCUT2D eigenvalue weighted by Gasteiger charge is 2.32. The van der Waals surface area contributed by atoms with E-state index in [1.54, 1.807) is 0 Å². The zero-order chi connectivity index (χ0) is 14.5. The van der Waals surface area contributed by atoms with Crippen molar-refractivity contribution in [1.82, 2.24) is 5.32 Å². The van der Waals surface area contributed by atoms with Crippen LogP contribution in [0.25, 0.3) is 0 Å². The molecule has 0 aliphatic rings. The van der Waals surface area contributed by atoms with E-state index < -0.39 is 24.8 Å². The van der Waals surface area contributed by atoms with E-state index >= 15 is 0 Å². The second-order valence-corrected chi connectivity index (χ2v) is 8.02. The van der Waals surface area contributed by atoms with Crippen LogP contribution in [0, 0.1) is 0 Å². The van der Waals surface area contributed by atoms with Crippen molar-refractivity contribution in [3.05, 3.63) is 35.9 Å². The first kappa shape index (κ1) is 15.4. The van der Waals surface area contributed by atoms with Crippen molar-refractivity contribution in [2.75, 3.05) is 13.3 Å². The summed E-state index contributed by atoms with van der Waals surface area (Å²) in [5.74, 6) is -2.17. The third-order valence-electron chi connectivity index (χ3n) is 2.41. The zero-order valence-electron chi connectivity index (χ0n) is 11.3. The topological polar surface area (TPSA) is 72.5 Å². The van der Waals surface area contributed by atoms with Crippen LogP contribution in [0.2, 0.25) is 0 Å². The minimum atomic E-state index is -2.81. The van der Waals surface area contributed by atoms with Crippen molar-refractivity contribution in [2.24, 2.45) is 0 Å². The number of carbonyl (C=O) groups excluding carboxylic acids is 2. The average Bonchev–Trinajstić information content (AvgIpc) is 2.33. The monoisotopic (exact) mass is 283 g/mol. The van der Waals surface area contributed by atoms with Crippen molar-refractivity contribution in [2.45, 2.75) is 19.3 Å². The van der Waals surface area contributed by atoms with E-state index in [4.69, 9.17) is 4.74 Å². The van der Waals surface area contributed by atoms with Gasteiger partial charge in [0.25, 0.3) is 0 Å². The van der Waals surface area contributed by atoms with Gasteiger partial charge >= 0.3 is 5.97 Å². The van der Waals surface area contributed by atoms with Crippen LogP contribution in [0.15, 0.2) is 30.3 Å². The molecule has 6 heteroatoms. The molecule has 0 heterocycles. The highest BCUT2D eigenvalue weighted by Crippen LogP contribution is 2.41. The molecule has 0 spiro atoms. The summed E-state index contributed by atoms with van der Waals surface area (Å²) in [6.45, 7) is 4.25. The Kier molecular flexibility index (Phi) is 5.31. The predicted octanol–water partition coefficient (Wildman–Crippen LogP) is 1.81. The molecule has 0 aliphatic heterocycles. The Bertz CT molecular complexity index is 495. The van der Waals surface area contributed by atoms with Gasteiger partial charge in [-0.15, -0.1) is 0 Å². The number of hydrogen-bond acceptors (Lipinski definition) is 4. The fraction of sp³-hybridized carbons (Fsp3) is 0.385. The Morgan fingerprint density at radius 1 is 1.26 bits per heavy atom. The van der Waals surface area contributed by atoms with E-state index in [-0.39, 0.29) is 6.61 Å². The molecule has 5 nitrogen and oxygen atoms in total. The van der Waals surface area contributed by atoms with E-state index in [0.717, 1.165) is 5.56 Å². The van der Waals surface area contributed by atoms with Gasteiger partial charge in [-0.3, -0.25) is 4.79 Å². The highest BCUT2D eigenvalue weighted by molar-refractivity contribution is 7.64. The maximum Gasteiger partial charge on any atom is 0.336 e. The molecule has 1 aromatic carbocycles. The fourth-order valence-corrected chi connectivity index (χ4v) is 2.54. The van der Waals surface area contributed by atoms with Gasteiger partial charge in [0.2, 0.25) is 5.91 Å². The lowest BCUT2D eigenvalue weighted by Gasteiger charge is -2.20. The number of esters is 1. The van der Waals surface area contributed by atoms with Crippen molar-refractivity contribution < 1.29 is 18.9 Å². The molecule has 0 aliphatic carbocycles. The third kappa shape index (κ3) is 5.26. The SMILES string of the molecule is CC(=O)NC(C(=O)OCc1ccccc1)P(C)(C)=O. The average molecular weight is 283 g/mol. The standard InChI is InChI=1S/C13H18NO4P/c1-10(15)14-12(19(2,3)17)13(16)18-9-11-7-5-4-6-8-11/h4-8,12H,9H2,1-3H3,(H,14,15). The molecule has 0 radical (unpaired) electrons. The van der Waals surface area contributed by atoms with Crippen LogP contribution >= 0.6 is 7.14 Å². The van der Waals surface area contributed by atoms with Gasteiger partial charge in [0.1, 0.15) is 13.7 Å². The Labute approximate surface area is 112 Å². The molecule has 1 N–H and O–H groups in total. The Morgan fingerprint density at radius 2 is 1.84 bits per heavy atom. The van der Waals surface area contributed by atoms with Crippen LogP contribution in [-0.4, -0.2) is 31.0 Å². The second kappa shape index (κ2) is 6.53. The summed E-state index contributed by atoms with van der Waals surface area (Å²) in [7, 11) is -2.81. The summed E-state index contributed by atoms with van der Waals surface area (Å²) in [4.78, 5) is 22.9. The summed E-state index contributed by atoms with van der Waals surface area (Å²) < 4.78 is 17.1. The molecule has 1 aromatic rings. The van der Waals surface area contributed by atoms with Crippen LogP contribution < -0.4 is 5.32 Å². The molecule has 0 saturated carbocycles. The molecule has 0 saturated heterocycles. The van der Waals surface area contributed by atoms with E-state index in [0.29, 0.717) is 0 Å². The van der Waals surface area contributed by atoms with Gasteiger partial charge in [-0.05, 0) is 18.9 Å². The smallest absolute Gasteiger partial charge is 0.336 e. The predicted molar refractivity (Wildman–Crippen MR) is 73.3 cm³/mol. The van der Waals surface area contributed by atoms with Gasteiger partial charge in [-0.25, -0.2) is 4.79 Å². The normalized spacial score (nSPS) is 12.6. The van der Waals surface area contributed by atoms with Crippen LogP contribution in [-0.2, 0) is 25.5 Å². The number of benzene rings is 1. The molecule has 0 fully saturated rings. The number of rotatable bonds is 5. The van der Waals surface area contributed by atoms with E-state index in [1.807, 2.05) is 30.3 Å². The molecular formula is C13H18NO4P. The van der Waals surface area contributed by atoms with Crippen molar-refractivity contribution in [3.63, 3.8) is 0 Å². The maximum atomic E-state index is 12.0. The first-order chi connectivity index (χ1) is 8.80. The van der Waals surface area contributed by atoms with E-state index in [9.17, 15) is 14.2 Å². The zero-order valence-corrected chi connectivity index (χ0v) is 12.1. The lowest BCUT2D eigenvalue weighted by Crippen LogP contribution is -2.40. The van der Waals surface area contributed by atoms with Crippen molar-refractivity contribution in [3.8, 4) is 0 Å². The molecule has 1 unspecified atom stereocenters. The highest BCUT2D eigenvalue weighted by atomic mass is 31.2. The number of hydrogen-bond donors (Lipinski definition) is 1. The van der Waals surface area contributed by atoms with Gasteiger partial charge in [0, 0.05) is 6.92 Å². The molecule has 0 bridgehead atoms. The quantitative estimate of drug-likeness (QED) is 0.661. The number of ether oxygens (including phenoxy) is 1. The Morgan fingerprint density at radius 3 is 2.32 bits per heavy atom. The summed E-state index contributed by atoms with van der Waals surface area (Å²) in [5, 5.41) is 2.38. The van der Waals surface area contributed by atoms with Crippen LogP contribution in [0.4, 0.5) is 0 Å². The van der Waals surface area contributed by atoms with Gasteiger partial charge < -0.3 is 14.6 Å². The van der Waals surface area contributed by atoms with E-state index in [2.05, 4.69) is 5.32 Å². The first-order valence-electron chi connectivity index (χ1n) is 5.83. The lowest BCUT2D eigenvalue weighted by molar-refractivity contribution is -0.146. The molecule has 19 heavy (non-hydrogen) atoms. The van der Waals surface area contributed by atoms with Gasteiger partial charge in [-0.2, -0.15) is 0 Å². The van der Waals surface area contributed by atoms with Gasteiger partial charge in [-0.1, -0.05) is 30.3 Å². The largest absolute Gasteiger partial charge is 0.459 e. The molecular weight excluding hydrogens is 265 g/mol. The summed E-state index contributed by atoms with van der Waals surface area (Å²) in [6, 6.07) is 9.16. The first-order valence-corrected chi connectivity index (χ1v) is 8.50. The van der Waals surface area contributed by atoms with Gasteiger partial charge in [0.05, 0.1) is 0 Å². The Balaban J connectivity index is 2.68. The number of carbonyl (C=O) groups is 2. The lowest BCUT2D eigenvalue weighted by atomic mass is 10.2. The summed E-state index contributed by atoms with van der Waals surface area (Å²) in [6.07, 6.45) is 0. The minimum absolute atomic E-state index is 0.0930. The van der Waals surface area contributed by atoms with Crippen molar-refractivity contribution >= 4 is 19.0 Å². The fourth-order valence-electron chi connectivity index (χ4n) is 1.47. The molecule has 1 amide bonds.